The molecule has 2 unspecified atom stereocenters. The number of hydrogen-bond donors (Lipinski definition) is 0. The predicted octanol–water partition coefficient (Wildman–Crippen LogP) is 2.51. The average Bonchev–Trinajstić information content (AvgIpc) is 2.82. The number of rotatable bonds is 3. The minimum atomic E-state index is -0.772. The fourth-order valence-corrected chi connectivity index (χ4v) is 1.87. The highest BCUT2D eigenvalue weighted by atomic mass is 35.5. The van der Waals surface area contributed by atoms with Crippen molar-refractivity contribution in [1.29, 1.82) is 0 Å². The quantitative estimate of drug-likeness (QED) is 0.794. The molecule has 18 heavy (non-hydrogen) atoms. The lowest BCUT2D eigenvalue weighted by Crippen LogP contribution is -2.26. The number of esters is 1. The Bertz CT molecular complexity index is 492. The lowest BCUT2D eigenvalue weighted by molar-refractivity contribution is -0.146. The zero-order valence-electron chi connectivity index (χ0n) is 9.60. The third-order valence-electron chi connectivity index (χ3n) is 2.52. The zero-order valence-corrected chi connectivity index (χ0v) is 10.4. The molecule has 1 aliphatic rings. The smallest absolute Gasteiger partial charge is 0.335 e. The number of ether oxygens (including phenoxy) is 2. The van der Waals surface area contributed by atoms with Crippen LogP contribution in [0.25, 0.3) is 0 Å². The molecule has 0 fully saturated rings. The molecule has 0 aromatic heterocycles. The van der Waals surface area contributed by atoms with Gasteiger partial charge >= 0.3 is 5.97 Å². The number of aliphatic imine (C=N–C) groups is 1. The molecule has 1 aliphatic heterocycles. The van der Waals surface area contributed by atoms with Gasteiger partial charge in [0.05, 0.1) is 11.6 Å². The molecule has 0 radical (unpaired) electrons. The van der Waals surface area contributed by atoms with Gasteiger partial charge in [-0.25, -0.2) is 14.2 Å². The molecule has 1 aromatic carbocycles. The van der Waals surface area contributed by atoms with Crippen LogP contribution in [0, 0.1) is 5.82 Å². The van der Waals surface area contributed by atoms with E-state index in [0.717, 1.165) is 0 Å². The molecule has 0 amide bonds. The molecule has 0 bridgehead atoms. The Morgan fingerprint density at radius 1 is 1.61 bits per heavy atom. The Morgan fingerprint density at radius 2 is 2.39 bits per heavy atom. The fourth-order valence-electron chi connectivity index (χ4n) is 1.68. The summed E-state index contributed by atoms with van der Waals surface area (Å²) in [5.74, 6) is -0.997. The van der Waals surface area contributed by atoms with E-state index in [0.29, 0.717) is 5.56 Å². The van der Waals surface area contributed by atoms with Gasteiger partial charge in [-0.3, -0.25) is 0 Å². The maximum atomic E-state index is 13.1. The molecule has 0 saturated carbocycles. The molecule has 96 valence electrons. The van der Waals surface area contributed by atoms with E-state index in [1.807, 2.05) is 0 Å². The van der Waals surface area contributed by atoms with Crippen molar-refractivity contribution in [1.82, 2.24) is 0 Å². The van der Waals surface area contributed by atoms with Crippen LogP contribution in [-0.4, -0.2) is 25.0 Å². The van der Waals surface area contributed by atoms with Crippen LogP contribution < -0.4 is 0 Å². The van der Waals surface area contributed by atoms with Crippen molar-refractivity contribution < 1.29 is 18.7 Å². The minimum absolute atomic E-state index is 0.0226. The van der Waals surface area contributed by atoms with Crippen LogP contribution >= 0.6 is 11.6 Å². The first kappa shape index (κ1) is 12.8. The van der Waals surface area contributed by atoms with Crippen LogP contribution in [0.3, 0.4) is 0 Å². The third kappa shape index (κ3) is 2.46. The first-order valence-electron chi connectivity index (χ1n) is 5.42. The van der Waals surface area contributed by atoms with E-state index in [1.54, 1.807) is 6.92 Å². The van der Waals surface area contributed by atoms with E-state index in [-0.39, 0.29) is 11.6 Å². The third-order valence-corrected chi connectivity index (χ3v) is 2.81. The number of halogens is 2. The number of hydrogen-bond acceptors (Lipinski definition) is 4. The molecule has 6 heteroatoms. The predicted molar refractivity (Wildman–Crippen MR) is 64.1 cm³/mol. The van der Waals surface area contributed by atoms with Gasteiger partial charge in [0, 0.05) is 0 Å². The van der Waals surface area contributed by atoms with Gasteiger partial charge in [0.25, 0.3) is 0 Å². The average molecular weight is 272 g/mol. The van der Waals surface area contributed by atoms with Crippen LogP contribution in [0.4, 0.5) is 4.39 Å². The normalized spacial score (nSPS) is 21.7. The molecular formula is C12H11ClFNO3. The molecule has 0 spiro atoms. The van der Waals surface area contributed by atoms with Gasteiger partial charge in [-0.05, 0) is 24.6 Å². The van der Waals surface area contributed by atoms with Crippen LogP contribution in [0.15, 0.2) is 23.2 Å². The molecule has 2 atom stereocenters. The highest BCUT2D eigenvalue weighted by Gasteiger charge is 2.35. The van der Waals surface area contributed by atoms with E-state index >= 15 is 0 Å². The molecular weight excluding hydrogens is 261 g/mol. The second-order valence-electron chi connectivity index (χ2n) is 3.68. The molecule has 2 rings (SSSR count). The van der Waals surface area contributed by atoms with E-state index in [9.17, 15) is 9.18 Å². The summed E-state index contributed by atoms with van der Waals surface area (Å²) in [6.45, 7) is 1.98. The number of carbonyl (C=O) groups is 1. The zero-order chi connectivity index (χ0) is 13.1. The summed E-state index contributed by atoms with van der Waals surface area (Å²) in [4.78, 5) is 15.6. The summed E-state index contributed by atoms with van der Waals surface area (Å²) < 4.78 is 23.2. The van der Waals surface area contributed by atoms with Crippen LogP contribution in [0.1, 0.15) is 18.6 Å². The minimum Gasteiger partial charge on any atom is -0.473 e. The lowest BCUT2D eigenvalue weighted by atomic mass is 10.0. The summed E-state index contributed by atoms with van der Waals surface area (Å²) in [7, 11) is 0. The molecule has 0 N–H and O–H groups in total. The topological polar surface area (TPSA) is 47.9 Å². The maximum Gasteiger partial charge on any atom is 0.335 e. The maximum absolute atomic E-state index is 13.1. The summed E-state index contributed by atoms with van der Waals surface area (Å²) >= 11 is 5.69. The SMILES string of the molecule is CCOC(=O)C1N=COC1c1ccc(F)c(Cl)c1. The van der Waals surface area contributed by atoms with E-state index in [4.69, 9.17) is 21.1 Å². The summed E-state index contributed by atoms with van der Waals surface area (Å²) in [6.07, 6.45) is 0.575. The van der Waals surface area contributed by atoms with Gasteiger partial charge in [0.1, 0.15) is 5.82 Å². The molecule has 0 aliphatic carbocycles. The Kier molecular flexibility index (Phi) is 3.81. The van der Waals surface area contributed by atoms with Gasteiger partial charge in [-0.15, -0.1) is 0 Å². The Balaban J connectivity index is 2.22. The van der Waals surface area contributed by atoms with E-state index in [1.165, 1.54) is 24.6 Å². The highest BCUT2D eigenvalue weighted by molar-refractivity contribution is 6.30. The Morgan fingerprint density at radius 3 is 3.06 bits per heavy atom. The lowest BCUT2D eigenvalue weighted by Gasteiger charge is -2.16. The molecule has 1 aromatic rings. The second-order valence-corrected chi connectivity index (χ2v) is 4.09. The highest BCUT2D eigenvalue weighted by Crippen LogP contribution is 2.30. The Labute approximate surface area is 108 Å². The molecule has 1 heterocycles. The number of benzene rings is 1. The van der Waals surface area contributed by atoms with E-state index in [2.05, 4.69) is 4.99 Å². The monoisotopic (exact) mass is 271 g/mol. The second kappa shape index (κ2) is 5.35. The molecule has 4 nitrogen and oxygen atoms in total. The van der Waals surface area contributed by atoms with E-state index < -0.39 is 23.9 Å². The van der Waals surface area contributed by atoms with Crippen molar-refractivity contribution >= 4 is 24.0 Å². The fraction of sp³-hybridized carbons (Fsp3) is 0.333. The van der Waals surface area contributed by atoms with Gasteiger partial charge < -0.3 is 9.47 Å². The van der Waals surface area contributed by atoms with Crippen LogP contribution in [0.2, 0.25) is 5.02 Å². The van der Waals surface area contributed by atoms with Crippen LogP contribution in [0.5, 0.6) is 0 Å². The van der Waals surface area contributed by atoms with Gasteiger partial charge in [-0.2, -0.15) is 0 Å². The van der Waals surface area contributed by atoms with Gasteiger partial charge in [0.15, 0.2) is 18.5 Å². The van der Waals surface area contributed by atoms with Crippen LogP contribution in [-0.2, 0) is 14.3 Å². The van der Waals surface area contributed by atoms with Gasteiger partial charge in [0.2, 0.25) is 0 Å². The van der Waals surface area contributed by atoms with Crippen molar-refractivity contribution in [3.8, 4) is 0 Å². The standard InChI is InChI=1S/C12H11ClFNO3/c1-2-17-12(16)10-11(18-6-15-10)7-3-4-9(14)8(13)5-7/h3-6,10-11H,2H2,1H3. The summed E-state index contributed by atoms with van der Waals surface area (Å²) in [6, 6.07) is 3.38. The van der Waals surface area contributed by atoms with Crippen molar-refractivity contribution in [2.75, 3.05) is 6.61 Å². The van der Waals surface area contributed by atoms with Crippen molar-refractivity contribution in [2.24, 2.45) is 4.99 Å². The number of nitrogens with zero attached hydrogens (tertiary/aromatic N) is 1. The Hall–Kier alpha value is -1.62. The summed E-state index contributed by atoms with van der Waals surface area (Å²) in [5, 5.41) is -0.0226. The molecule has 0 saturated heterocycles. The van der Waals surface area contributed by atoms with Gasteiger partial charge in [-0.1, -0.05) is 17.7 Å². The first-order valence-corrected chi connectivity index (χ1v) is 5.80. The van der Waals surface area contributed by atoms with Crippen molar-refractivity contribution in [2.45, 2.75) is 19.1 Å². The van der Waals surface area contributed by atoms with Crippen molar-refractivity contribution in [3.05, 3.63) is 34.6 Å². The first-order chi connectivity index (χ1) is 8.63. The summed E-state index contributed by atoms with van der Waals surface area (Å²) in [5.41, 5.74) is 0.581. The largest absolute Gasteiger partial charge is 0.473 e. The van der Waals surface area contributed by atoms with Crippen molar-refractivity contribution in [3.63, 3.8) is 0 Å². The number of carbonyl (C=O) groups excluding carboxylic acids is 1.